The maximum absolute atomic E-state index is 12.9. The molecular weight excluding hydrogens is 422 g/mol. The predicted octanol–water partition coefficient (Wildman–Crippen LogP) is 2.83. The van der Waals surface area contributed by atoms with E-state index in [-0.39, 0.29) is 18.9 Å². The summed E-state index contributed by atoms with van der Waals surface area (Å²) in [4.78, 5) is 38.7. The van der Waals surface area contributed by atoms with Gasteiger partial charge in [0, 0.05) is 19.5 Å². The maximum Gasteiger partial charge on any atom is 0.405 e. The first-order valence-corrected chi connectivity index (χ1v) is 12.2. The van der Waals surface area contributed by atoms with E-state index in [1.165, 1.54) is 17.5 Å². The molecule has 1 heterocycles. The molecule has 3 rings (SSSR count). The number of rotatable bonds is 9. The number of aliphatic hydroxyl groups excluding tert-OH is 1. The SMILES string of the molecule is O=C(O)N[C@@H](CC1CCCCC1)C(=O)N[C@H](CO)CCC(=O)N1CCCc2ccccc2C1. The molecule has 2 aliphatic rings. The fourth-order valence-corrected chi connectivity index (χ4v) is 5.02. The summed E-state index contributed by atoms with van der Waals surface area (Å²) in [6.45, 7) is 0.970. The quantitative estimate of drug-likeness (QED) is 0.453. The minimum Gasteiger partial charge on any atom is -0.465 e. The van der Waals surface area contributed by atoms with Crippen LogP contribution in [0.25, 0.3) is 0 Å². The van der Waals surface area contributed by atoms with Gasteiger partial charge in [-0.1, -0.05) is 56.4 Å². The second-order valence-electron chi connectivity index (χ2n) is 9.36. The Hall–Kier alpha value is -2.61. The normalized spacial score (nSPS) is 18.5. The predicted molar refractivity (Wildman–Crippen MR) is 125 cm³/mol. The van der Waals surface area contributed by atoms with Gasteiger partial charge in [0.2, 0.25) is 11.8 Å². The van der Waals surface area contributed by atoms with Crippen LogP contribution < -0.4 is 10.6 Å². The van der Waals surface area contributed by atoms with Gasteiger partial charge in [-0.15, -0.1) is 0 Å². The highest BCUT2D eigenvalue weighted by Crippen LogP contribution is 2.27. The van der Waals surface area contributed by atoms with Gasteiger partial charge in [-0.05, 0) is 42.7 Å². The van der Waals surface area contributed by atoms with Crippen LogP contribution in [0.5, 0.6) is 0 Å². The van der Waals surface area contributed by atoms with E-state index < -0.39 is 24.1 Å². The third-order valence-electron chi connectivity index (χ3n) is 6.89. The summed E-state index contributed by atoms with van der Waals surface area (Å²) in [6, 6.07) is 6.72. The Kier molecular flexibility index (Phi) is 9.54. The average molecular weight is 460 g/mol. The van der Waals surface area contributed by atoms with Gasteiger partial charge < -0.3 is 25.7 Å². The zero-order valence-corrected chi connectivity index (χ0v) is 19.3. The van der Waals surface area contributed by atoms with Crippen LogP contribution in [0.3, 0.4) is 0 Å². The van der Waals surface area contributed by atoms with E-state index in [9.17, 15) is 24.6 Å². The van der Waals surface area contributed by atoms with Crippen molar-refractivity contribution in [3.8, 4) is 0 Å². The molecular formula is C25H37N3O5. The van der Waals surface area contributed by atoms with Crippen molar-refractivity contribution < 1.29 is 24.6 Å². The summed E-state index contributed by atoms with van der Waals surface area (Å²) in [5.41, 5.74) is 2.45. The smallest absolute Gasteiger partial charge is 0.405 e. The minimum atomic E-state index is -1.23. The van der Waals surface area contributed by atoms with Crippen molar-refractivity contribution in [2.45, 2.75) is 82.8 Å². The van der Waals surface area contributed by atoms with Crippen molar-refractivity contribution in [2.75, 3.05) is 13.2 Å². The molecule has 0 saturated heterocycles. The number of hydrogen-bond acceptors (Lipinski definition) is 4. The van der Waals surface area contributed by atoms with Gasteiger partial charge >= 0.3 is 6.09 Å². The molecule has 0 bridgehead atoms. The van der Waals surface area contributed by atoms with Crippen LogP contribution in [0.4, 0.5) is 4.79 Å². The molecule has 1 saturated carbocycles. The maximum atomic E-state index is 12.9. The highest BCUT2D eigenvalue weighted by molar-refractivity contribution is 5.85. The van der Waals surface area contributed by atoms with E-state index in [1.54, 1.807) is 0 Å². The molecule has 1 fully saturated rings. The molecule has 0 aromatic heterocycles. The van der Waals surface area contributed by atoms with E-state index >= 15 is 0 Å². The van der Waals surface area contributed by atoms with Crippen molar-refractivity contribution in [3.05, 3.63) is 35.4 Å². The number of benzene rings is 1. The Balaban J connectivity index is 1.52. The molecule has 8 nitrogen and oxygen atoms in total. The summed E-state index contributed by atoms with van der Waals surface area (Å²) in [6.07, 6.45) is 7.01. The zero-order chi connectivity index (χ0) is 23.6. The summed E-state index contributed by atoms with van der Waals surface area (Å²) in [7, 11) is 0. The molecule has 33 heavy (non-hydrogen) atoms. The van der Waals surface area contributed by atoms with Crippen molar-refractivity contribution in [1.29, 1.82) is 0 Å². The first-order chi connectivity index (χ1) is 16.0. The Morgan fingerprint density at radius 1 is 1.03 bits per heavy atom. The molecule has 8 heteroatoms. The molecule has 1 aromatic carbocycles. The first kappa shape index (κ1) is 25.0. The largest absolute Gasteiger partial charge is 0.465 e. The Bertz CT molecular complexity index is 809. The molecule has 2 atom stereocenters. The van der Waals surface area contributed by atoms with Crippen molar-refractivity contribution in [2.24, 2.45) is 5.92 Å². The van der Waals surface area contributed by atoms with Crippen LogP contribution in [0.15, 0.2) is 24.3 Å². The monoisotopic (exact) mass is 459 g/mol. The Morgan fingerprint density at radius 3 is 2.45 bits per heavy atom. The van der Waals surface area contributed by atoms with E-state index in [1.807, 2.05) is 17.0 Å². The minimum absolute atomic E-state index is 0.00168. The highest BCUT2D eigenvalue weighted by Gasteiger charge is 2.28. The van der Waals surface area contributed by atoms with Crippen molar-refractivity contribution in [3.63, 3.8) is 0 Å². The molecule has 4 N–H and O–H groups in total. The molecule has 1 aliphatic carbocycles. The first-order valence-electron chi connectivity index (χ1n) is 12.2. The molecule has 182 valence electrons. The summed E-state index contributed by atoms with van der Waals surface area (Å²) < 4.78 is 0. The van der Waals surface area contributed by atoms with Crippen LogP contribution in [-0.2, 0) is 22.6 Å². The molecule has 0 spiro atoms. The Morgan fingerprint density at radius 2 is 1.76 bits per heavy atom. The van der Waals surface area contributed by atoms with E-state index in [2.05, 4.69) is 22.8 Å². The van der Waals surface area contributed by atoms with E-state index in [4.69, 9.17) is 0 Å². The van der Waals surface area contributed by atoms with Gasteiger partial charge in [0.15, 0.2) is 0 Å². The molecule has 1 aliphatic heterocycles. The fraction of sp³-hybridized carbons (Fsp3) is 0.640. The van der Waals surface area contributed by atoms with Crippen LogP contribution in [0.1, 0.15) is 68.9 Å². The molecule has 0 radical (unpaired) electrons. The number of carbonyl (C=O) groups is 3. The molecule has 3 amide bonds. The number of nitrogens with one attached hydrogen (secondary N) is 2. The summed E-state index contributed by atoms with van der Waals surface area (Å²) in [5.74, 6) is -0.110. The van der Waals surface area contributed by atoms with Gasteiger partial charge in [-0.3, -0.25) is 9.59 Å². The topological polar surface area (TPSA) is 119 Å². The summed E-state index contributed by atoms with van der Waals surface area (Å²) >= 11 is 0. The number of aryl methyl sites for hydroxylation is 1. The van der Waals surface area contributed by atoms with Crippen LogP contribution in [0, 0.1) is 5.92 Å². The lowest BCUT2D eigenvalue weighted by Crippen LogP contribution is -2.51. The number of amides is 3. The van der Waals surface area contributed by atoms with Crippen LogP contribution >= 0.6 is 0 Å². The fourth-order valence-electron chi connectivity index (χ4n) is 5.02. The highest BCUT2D eigenvalue weighted by atomic mass is 16.4. The van der Waals surface area contributed by atoms with Crippen molar-refractivity contribution >= 4 is 17.9 Å². The second-order valence-corrected chi connectivity index (χ2v) is 9.36. The zero-order valence-electron chi connectivity index (χ0n) is 19.3. The van der Waals surface area contributed by atoms with E-state index in [0.29, 0.717) is 31.8 Å². The van der Waals surface area contributed by atoms with Gasteiger partial charge in [-0.2, -0.15) is 0 Å². The summed E-state index contributed by atoms with van der Waals surface area (Å²) in [5, 5.41) is 24.1. The Labute approximate surface area is 195 Å². The number of carbonyl (C=O) groups excluding carboxylic acids is 2. The number of fused-ring (bicyclic) bond motifs is 1. The van der Waals surface area contributed by atoms with E-state index in [0.717, 1.165) is 38.5 Å². The number of aliphatic hydroxyl groups is 1. The van der Waals surface area contributed by atoms with Gasteiger partial charge in [0.25, 0.3) is 0 Å². The third-order valence-corrected chi connectivity index (χ3v) is 6.89. The third kappa shape index (κ3) is 7.74. The number of carboxylic acid groups (broad SMARTS) is 1. The average Bonchev–Trinajstić information content (AvgIpc) is 3.04. The standard InChI is InChI=1S/C25H37N3O5/c29-17-21(26-24(31)22(27-25(32)33)15-18-7-2-1-3-8-18)12-13-23(30)28-14-6-11-19-9-4-5-10-20(19)16-28/h4-5,9-10,18,21-22,27,29H,1-3,6-8,11-17H2,(H,26,31)(H,32,33)/t21-,22-/m0/s1. The van der Waals surface area contributed by atoms with Crippen molar-refractivity contribution in [1.82, 2.24) is 15.5 Å². The van der Waals surface area contributed by atoms with Crippen LogP contribution in [0.2, 0.25) is 0 Å². The van der Waals surface area contributed by atoms with Gasteiger partial charge in [0.1, 0.15) is 6.04 Å². The number of hydrogen-bond donors (Lipinski definition) is 4. The number of nitrogens with zero attached hydrogens (tertiary/aromatic N) is 1. The van der Waals surface area contributed by atoms with Gasteiger partial charge in [-0.25, -0.2) is 4.79 Å². The lowest BCUT2D eigenvalue weighted by atomic mass is 9.84. The lowest BCUT2D eigenvalue weighted by Gasteiger charge is -2.27. The van der Waals surface area contributed by atoms with Gasteiger partial charge in [0.05, 0.1) is 12.6 Å². The second kappa shape index (κ2) is 12.6. The molecule has 0 unspecified atom stereocenters. The molecule has 1 aromatic rings. The lowest BCUT2D eigenvalue weighted by molar-refractivity contribution is -0.132. The van der Waals surface area contributed by atoms with Crippen LogP contribution in [-0.4, -0.2) is 58.3 Å².